The van der Waals surface area contributed by atoms with Crippen LogP contribution in [0.25, 0.3) is 0 Å². The van der Waals surface area contributed by atoms with Crippen LogP contribution in [0.4, 0.5) is 0 Å². The Balaban J connectivity index is 4.39. The number of hydrogen-bond donors (Lipinski definition) is 2. The highest BCUT2D eigenvalue weighted by Gasteiger charge is 2.23. The van der Waals surface area contributed by atoms with E-state index >= 15 is 0 Å². The second-order valence-corrected chi connectivity index (χ2v) is 17.1. The summed E-state index contributed by atoms with van der Waals surface area (Å²) in [7, 11) is 1.25. The number of nitrogens with one attached hydrogen (secondary N) is 1. The third kappa shape index (κ3) is 37.1. The van der Waals surface area contributed by atoms with Crippen molar-refractivity contribution < 1.29 is 32.9 Å². The smallest absolute Gasteiger partial charge is 0.268 e. The van der Waals surface area contributed by atoms with E-state index in [-0.39, 0.29) is 19.1 Å². The van der Waals surface area contributed by atoms with Gasteiger partial charge in [0.1, 0.15) is 13.2 Å². The molecule has 0 heterocycles. The molecular weight excluding hydrogens is 659 g/mol. The average Bonchev–Trinajstić information content (AvgIpc) is 3.07. The van der Waals surface area contributed by atoms with E-state index in [1.165, 1.54) is 128 Å². The number of aliphatic hydroxyl groups excluding tert-OH is 1. The monoisotopic (exact) mass is 743 g/mol. The number of nitrogens with zero attached hydrogens (tertiary/aromatic N) is 1. The van der Waals surface area contributed by atoms with Crippen LogP contribution in [0.3, 0.4) is 0 Å². The predicted octanol–water partition coefficient (Wildman–Crippen LogP) is 10.7. The quantitative estimate of drug-likeness (QED) is 0.0282. The van der Waals surface area contributed by atoms with Crippen molar-refractivity contribution in [3.05, 3.63) is 24.3 Å². The third-order valence-corrected chi connectivity index (χ3v) is 10.4. The molecule has 3 unspecified atom stereocenters. The molecule has 0 aliphatic rings. The van der Waals surface area contributed by atoms with E-state index in [0.717, 1.165) is 38.5 Å². The third-order valence-electron chi connectivity index (χ3n) is 9.41. The van der Waals surface area contributed by atoms with Gasteiger partial charge in [-0.3, -0.25) is 9.36 Å². The van der Waals surface area contributed by atoms with Crippen molar-refractivity contribution in [1.29, 1.82) is 0 Å². The standard InChI is InChI=1S/C42H83N2O6P/c1-6-8-10-12-14-16-18-19-20-21-22-23-24-26-28-30-32-34-36-42(46)43-40(39-50-51(47,48)49-38-37-44(3,4)5)41(45)35-33-31-29-27-25-17-15-13-11-9-7-2/h25,27,33,35,40-41,45H,6-24,26,28-32,34,36-39H2,1-5H3,(H-,43,46,47,48)/b27-25+,35-33+. The molecular formula is C42H83N2O6P. The zero-order valence-electron chi connectivity index (χ0n) is 34.1. The van der Waals surface area contributed by atoms with Crippen molar-refractivity contribution >= 4 is 13.7 Å². The highest BCUT2D eigenvalue weighted by atomic mass is 31.2. The number of hydrogen-bond acceptors (Lipinski definition) is 6. The highest BCUT2D eigenvalue weighted by Crippen LogP contribution is 2.38. The zero-order valence-corrected chi connectivity index (χ0v) is 35.0. The van der Waals surface area contributed by atoms with Crippen LogP contribution in [0.15, 0.2) is 24.3 Å². The molecule has 8 nitrogen and oxygen atoms in total. The Hall–Kier alpha value is -1.02. The largest absolute Gasteiger partial charge is 0.756 e. The van der Waals surface area contributed by atoms with Crippen LogP contribution in [0, 0.1) is 0 Å². The Morgan fingerprint density at radius 3 is 1.59 bits per heavy atom. The lowest BCUT2D eigenvalue weighted by Gasteiger charge is -2.29. The normalized spacial score (nSPS) is 14.7. The molecule has 0 saturated heterocycles. The molecule has 0 aromatic heterocycles. The number of carbonyl (C=O) groups is 1. The molecule has 9 heteroatoms. The lowest BCUT2D eigenvalue weighted by atomic mass is 10.0. The minimum absolute atomic E-state index is 0.00459. The molecule has 0 rings (SSSR count). The number of amides is 1. The molecule has 0 fully saturated rings. The lowest BCUT2D eigenvalue weighted by molar-refractivity contribution is -0.870. The number of phosphoric acid groups is 1. The Morgan fingerprint density at radius 1 is 0.667 bits per heavy atom. The maximum absolute atomic E-state index is 12.8. The van der Waals surface area contributed by atoms with Crippen molar-refractivity contribution in [1.82, 2.24) is 5.32 Å². The summed E-state index contributed by atoms with van der Waals surface area (Å²) in [5.74, 6) is -0.207. The number of quaternary nitrogens is 1. The van der Waals surface area contributed by atoms with Crippen LogP contribution >= 0.6 is 7.82 Å². The van der Waals surface area contributed by atoms with Crippen molar-refractivity contribution in [2.45, 2.75) is 199 Å². The summed E-state index contributed by atoms with van der Waals surface area (Å²) in [6, 6.07) is -0.896. The molecule has 0 bridgehead atoms. The molecule has 1 amide bonds. The number of carbonyl (C=O) groups excluding carboxylic acids is 1. The molecule has 0 spiro atoms. The number of aliphatic hydroxyl groups is 1. The van der Waals surface area contributed by atoms with E-state index < -0.39 is 20.0 Å². The SMILES string of the molecule is CCCCCCC/C=C/CC/C=C/C(O)C(COP(=O)([O-])OCC[N+](C)(C)C)NC(=O)CCCCCCCCCCCCCCCCCCCC. The van der Waals surface area contributed by atoms with Gasteiger partial charge in [0, 0.05) is 6.42 Å². The van der Waals surface area contributed by atoms with Gasteiger partial charge in [0.05, 0.1) is 39.9 Å². The summed E-state index contributed by atoms with van der Waals surface area (Å²) < 4.78 is 23.1. The first-order valence-corrected chi connectivity index (χ1v) is 22.7. The minimum Gasteiger partial charge on any atom is -0.756 e. The van der Waals surface area contributed by atoms with Gasteiger partial charge in [-0.25, -0.2) is 0 Å². The zero-order chi connectivity index (χ0) is 37.9. The molecule has 0 aliphatic carbocycles. The van der Waals surface area contributed by atoms with Crippen LogP contribution in [0.1, 0.15) is 187 Å². The van der Waals surface area contributed by atoms with Crippen LogP contribution in [0.2, 0.25) is 0 Å². The summed E-state index contributed by atoms with van der Waals surface area (Å²) in [5.41, 5.74) is 0. The van der Waals surface area contributed by atoms with Crippen LogP contribution in [-0.4, -0.2) is 68.5 Å². The van der Waals surface area contributed by atoms with E-state index in [2.05, 4.69) is 31.3 Å². The number of phosphoric ester groups is 1. The van der Waals surface area contributed by atoms with Crippen molar-refractivity contribution in [2.24, 2.45) is 0 Å². The van der Waals surface area contributed by atoms with Crippen LogP contribution in [-0.2, 0) is 18.4 Å². The van der Waals surface area contributed by atoms with Gasteiger partial charge in [0.25, 0.3) is 7.82 Å². The second-order valence-electron chi connectivity index (χ2n) is 15.7. The van der Waals surface area contributed by atoms with Gasteiger partial charge in [-0.05, 0) is 32.1 Å². The Labute approximate surface area is 315 Å². The maximum atomic E-state index is 12.8. The molecule has 0 saturated carbocycles. The molecule has 51 heavy (non-hydrogen) atoms. The summed E-state index contributed by atoms with van der Waals surface area (Å²) >= 11 is 0. The number of allylic oxidation sites excluding steroid dienone is 3. The average molecular weight is 743 g/mol. The van der Waals surface area contributed by atoms with E-state index in [4.69, 9.17) is 9.05 Å². The predicted molar refractivity (Wildman–Crippen MR) is 215 cm³/mol. The first-order chi connectivity index (χ1) is 24.5. The molecule has 0 radical (unpaired) electrons. The van der Waals surface area contributed by atoms with Gasteiger partial charge in [0.2, 0.25) is 5.91 Å². The number of rotatable bonds is 38. The minimum atomic E-state index is -4.58. The Kier molecular flexibility index (Phi) is 34.0. The molecule has 0 aliphatic heterocycles. The summed E-state index contributed by atoms with van der Waals surface area (Å²) in [4.78, 5) is 25.2. The van der Waals surface area contributed by atoms with Crippen molar-refractivity contribution in [3.8, 4) is 0 Å². The molecule has 302 valence electrons. The fourth-order valence-corrected chi connectivity index (χ4v) is 6.71. The number of unbranched alkanes of at least 4 members (excludes halogenated alkanes) is 23. The molecule has 2 N–H and O–H groups in total. The van der Waals surface area contributed by atoms with E-state index in [1.807, 2.05) is 27.2 Å². The molecule has 0 aromatic rings. The Morgan fingerprint density at radius 2 is 1.10 bits per heavy atom. The highest BCUT2D eigenvalue weighted by molar-refractivity contribution is 7.45. The van der Waals surface area contributed by atoms with Crippen molar-refractivity contribution in [3.63, 3.8) is 0 Å². The first-order valence-electron chi connectivity index (χ1n) is 21.2. The van der Waals surface area contributed by atoms with Crippen LogP contribution in [0.5, 0.6) is 0 Å². The maximum Gasteiger partial charge on any atom is 0.268 e. The first kappa shape index (κ1) is 50.0. The fourth-order valence-electron chi connectivity index (χ4n) is 5.99. The van der Waals surface area contributed by atoms with Gasteiger partial charge in [-0.2, -0.15) is 0 Å². The van der Waals surface area contributed by atoms with Crippen LogP contribution < -0.4 is 10.2 Å². The molecule has 0 aromatic carbocycles. The van der Waals surface area contributed by atoms with E-state index in [0.29, 0.717) is 17.4 Å². The topological polar surface area (TPSA) is 108 Å². The Bertz CT molecular complexity index is 891. The fraction of sp³-hybridized carbons (Fsp3) is 0.881. The molecule has 3 atom stereocenters. The van der Waals surface area contributed by atoms with E-state index in [9.17, 15) is 19.4 Å². The van der Waals surface area contributed by atoms with Gasteiger partial charge in [-0.1, -0.05) is 173 Å². The van der Waals surface area contributed by atoms with Crippen molar-refractivity contribution in [2.75, 3.05) is 40.9 Å². The van der Waals surface area contributed by atoms with Gasteiger partial charge in [-0.15, -0.1) is 0 Å². The van der Waals surface area contributed by atoms with Gasteiger partial charge >= 0.3 is 0 Å². The summed E-state index contributed by atoms with van der Waals surface area (Å²) in [6.45, 7) is 4.60. The summed E-state index contributed by atoms with van der Waals surface area (Å²) in [5, 5.41) is 13.7. The van der Waals surface area contributed by atoms with Gasteiger partial charge in [0.15, 0.2) is 0 Å². The second kappa shape index (κ2) is 34.7. The lowest BCUT2D eigenvalue weighted by Crippen LogP contribution is -2.45. The number of likely N-dealkylation sites (N-methyl/N-ethyl adjacent to an activating group) is 1. The van der Waals surface area contributed by atoms with Gasteiger partial charge < -0.3 is 28.8 Å². The van der Waals surface area contributed by atoms with E-state index in [1.54, 1.807) is 6.08 Å². The summed E-state index contributed by atoms with van der Waals surface area (Å²) in [6.07, 6.45) is 39.4.